The molecule has 1 atom stereocenters. The molecule has 118 valence electrons. The molecule has 1 aromatic heterocycles. The van der Waals surface area contributed by atoms with E-state index in [9.17, 15) is 0 Å². The van der Waals surface area contributed by atoms with Gasteiger partial charge < -0.3 is 15.2 Å². The third-order valence-corrected chi connectivity index (χ3v) is 4.65. The Kier molecular flexibility index (Phi) is 3.69. The average Bonchev–Trinajstić information content (AvgIpc) is 2.81. The number of rotatable bonds is 1. The summed E-state index contributed by atoms with van der Waals surface area (Å²) in [5, 5.41) is 8.46. The minimum absolute atomic E-state index is 0.0446. The highest BCUT2D eigenvalue weighted by Crippen LogP contribution is 2.40. The summed E-state index contributed by atoms with van der Waals surface area (Å²) in [6.07, 6.45) is 3.88. The van der Waals surface area contributed by atoms with Crippen LogP contribution < -0.4 is 5.73 Å². The van der Waals surface area contributed by atoms with Crippen LogP contribution in [0.15, 0.2) is 0 Å². The fourth-order valence-electron chi connectivity index (χ4n) is 3.59. The van der Waals surface area contributed by atoms with Crippen molar-refractivity contribution in [2.45, 2.75) is 63.5 Å². The van der Waals surface area contributed by atoms with Crippen LogP contribution in [0.3, 0.4) is 0 Å². The predicted molar refractivity (Wildman–Crippen MR) is 80.1 cm³/mol. The van der Waals surface area contributed by atoms with Crippen molar-refractivity contribution in [3.8, 4) is 0 Å². The van der Waals surface area contributed by atoms with E-state index in [1.807, 2.05) is 0 Å². The van der Waals surface area contributed by atoms with Crippen molar-refractivity contribution in [2.24, 2.45) is 0 Å². The summed E-state index contributed by atoms with van der Waals surface area (Å²) in [5.41, 5.74) is 6.99. The first-order valence-corrected chi connectivity index (χ1v) is 7.84. The van der Waals surface area contributed by atoms with Crippen LogP contribution in [0.1, 0.15) is 58.2 Å². The van der Waals surface area contributed by atoms with E-state index in [0.717, 1.165) is 51.2 Å². The van der Waals surface area contributed by atoms with E-state index in [-0.39, 0.29) is 11.0 Å². The molecular formula is C15H26N4O2. The Balaban J connectivity index is 1.87. The van der Waals surface area contributed by atoms with E-state index in [4.69, 9.17) is 15.2 Å². The van der Waals surface area contributed by atoms with Gasteiger partial charge in [0.1, 0.15) is 0 Å². The lowest BCUT2D eigenvalue weighted by Crippen LogP contribution is -2.45. The molecule has 2 aliphatic rings. The van der Waals surface area contributed by atoms with E-state index in [1.54, 1.807) is 0 Å². The van der Waals surface area contributed by atoms with Gasteiger partial charge in [0.15, 0.2) is 5.82 Å². The number of nitrogens with zero attached hydrogens (tertiary/aromatic N) is 3. The molecule has 3 rings (SSSR count). The van der Waals surface area contributed by atoms with Crippen LogP contribution in [0.5, 0.6) is 0 Å². The minimum Gasteiger partial charge on any atom is -0.381 e. The summed E-state index contributed by atoms with van der Waals surface area (Å²) < 4.78 is 13.7. The second-order valence-electron chi connectivity index (χ2n) is 7.31. The fraction of sp³-hybridized carbons (Fsp3) is 0.867. The highest BCUT2D eigenvalue weighted by atomic mass is 16.5. The van der Waals surface area contributed by atoms with Gasteiger partial charge in [-0.1, -0.05) is 26.0 Å². The molecule has 2 aliphatic heterocycles. The molecule has 0 radical (unpaired) electrons. The van der Waals surface area contributed by atoms with Crippen LogP contribution in [-0.4, -0.2) is 40.4 Å². The number of nitrogen functional groups attached to an aromatic ring is 1. The quantitative estimate of drug-likeness (QED) is 0.858. The third kappa shape index (κ3) is 2.79. The molecule has 0 aliphatic carbocycles. The Labute approximate surface area is 126 Å². The van der Waals surface area contributed by atoms with E-state index in [0.29, 0.717) is 11.9 Å². The first-order valence-electron chi connectivity index (χ1n) is 7.84. The molecule has 0 amide bonds. The summed E-state index contributed by atoms with van der Waals surface area (Å²) in [6, 6.07) is 0.316. The van der Waals surface area contributed by atoms with Crippen molar-refractivity contribution in [2.75, 3.05) is 25.6 Å². The third-order valence-electron chi connectivity index (χ3n) is 4.65. The van der Waals surface area contributed by atoms with Crippen LogP contribution >= 0.6 is 0 Å². The van der Waals surface area contributed by atoms with Gasteiger partial charge >= 0.3 is 0 Å². The maximum Gasteiger partial charge on any atom is 0.169 e. The normalized spacial score (nSPS) is 26.1. The van der Waals surface area contributed by atoms with E-state index >= 15 is 0 Å². The van der Waals surface area contributed by atoms with Gasteiger partial charge in [-0.05, 0) is 25.7 Å². The van der Waals surface area contributed by atoms with Crippen molar-refractivity contribution >= 4 is 5.82 Å². The highest BCUT2D eigenvalue weighted by molar-refractivity contribution is 5.38. The zero-order valence-electron chi connectivity index (χ0n) is 13.3. The standard InChI is InChI=1S/C15H26N4O2/c1-14(2,3)12-13(16)17-18-19(12)11-4-7-21-15(10-11)5-8-20-9-6-15/h11H,4-10,16H2,1-3H3. The first-order chi connectivity index (χ1) is 9.91. The van der Waals surface area contributed by atoms with Gasteiger partial charge in [0, 0.05) is 25.2 Å². The zero-order valence-corrected chi connectivity index (χ0v) is 13.3. The van der Waals surface area contributed by atoms with Crippen LogP contribution in [0.25, 0.3) is 0 Å². The average molecular weight is 294 g/mol. The zero-order chi connectivity index (χ0) is 15.1. The summed E-state index contributed by atoms with van der Waals surface area (Å²) in [5.74, 6) is 0.551. The van der Waals surface area contributed by atoms with E-state index < -0.39 is 0 Å². The monoisotopic (exact) mass is 294 g/mol. The molecule has 0 saturated carbocycles. The molecule has 1 aromatic rings. The topological polar surface area (TPSA) is 75.2 Å². The van der Waals surface area contributed by atoms with Crippen LogP contribution in [0, 0.1) is 0 Å². The lowest BCUT2D eigenvalue weighted by atomic mass is 9.83. The number of hydrogen-bond donors (Lipinski definition) is 1. The molecule has 2 fully saturated rings. The molecule has 0 aromatic carbocycles. The number of anilines is 1. The predicted octanol–water partition coefficient (Wildman–Crippen LogP) is 2.06. The second-order valence-corrected chi connectivity index (χ2v) is 7.31. The Bertz CT molecular complexity index is 495. The minimum atomic E-state index is -0.0608. The molecule has 21 heavy (non-hydrogen) atoms. The lowest BCUT2D eigenvalue weighted by molar-refractivity contribution is -0.145. The van der Waals surface area contributed by atoms with Crippen molar-refractivity contribution in [3.63, 3.8) is 0 Å². The second kappa shape index (κ2) is 5.25. The van der Waals surface area contributed by atoms with Crippen LogP contribution in [0.2, 0.25) is 0 Å². The smallest absolute Gasteiger partial charge is 0.169 e. The molecule has 6 heteroatoms. The molecule has 2 saturated heterocycles. The summed E-state index contributed by atoms with van der Waals surface area (Å²) >= 11 is 0. The van der Waals surface area contributed by atoms with E-state index in [2.05, 4.69) is 35.8 Å². The molecule has 3 heterocycles. The van der Waals surface area contributed by atoms with Crippen molar-refractivity contribution < 1.29 is 9.47 Å². The van der Waals surface area contributed by atoms with Gasteiger partial charge in [-0.2, -0.15) is 0 Å². The lowest BCUT2D eigenvalue weighted by Gasteiger charge is -2.43. The SMILES string of the molecule is CC(C)(C)c1c(N)nnn1C1CCOC2(CCOCC2)C1. The Morgan fingerprint density at radius 3 is 2.62 bits per heavy atom. The molecule has 2 N–H and O–H groups in total. The van der Waals surface area contributed by atoms with Crippen LogP contribution in [0.4, 0.5) is 5.82 Å². The Morgan fingerprint density at radius 2 is 1.95 bits per heavy atom. The highest BCUT2D eigenvalue weighted by Gasteiger charge is 2.41. The van der Waals surface area contributed by atoms with Crippen LogP contribution in [-0.2, 0) is 14.9 Å². The van der Waals surface area contributed by atoms with Gasteiger partial charge in [0.25, 0.3) is 0 Å². The van der Waals surface area contributed by atoms with Crippen molar-refractivity contribution in [1.82, 2.24) is 15.0 Å². The van der Waals surface area contributed by atoms with E-state index in [1.165, 1.54) is 0 Å². The Morgan fingerprint density at radius 1 is 1.24 bits per heavy atom. The number of nitrogens with two attached hydrogens (primary N) is 1. The number of ether oxygens (including phenoxy) is 2. The van der Waals surface area contributed by atoms with Crippen molar-refractivity contribution in [1.29, 1.82) is 0 Å². The maximum absolute atomic E-state index is 6.12. The van der Waals surface area contributed by atoms with Gasteiger partial charge in [-0.3, -0.25) is 0 Å². The molecule has 6 nitrogen and oxygen atoms in total. The fourth-order valence-corrected chi connectivity index (χ4v) is 3.59. The van der Waals surface area contributed by atoms with Gasteiger partial charge in [-0.15, -0.1) is 5.10 Å². The molecular weight excluding hydrogens is 268 g/mol. The largest absolute Gasteiger partial charge is 0.381 e. The molecule has 1 spiro atoms. The van der Waals surface area contributed by atoms with Crippen molar-refractivity contribution in [3.05, 3.63) is 5.69 Å². The Hall–Kier alpha value is -1.14. The number of aromatic nitrogens is 3. The first kappa shape index (κ1) is 14.8. The number of hydrogen-bond acceptors (Lipinski definition) is 5. The molecule has 1 unspecified atom stereocenters. The summed E-state index contributed by atoms with van der Waals surface area (Å²) in [7, 11) is 0. The molecule has 0 bridgehead atoms. The summed E-state index contributed by atoms with van der Waals surface area (Å²) in [6.45, 7) is 8.82. The van der Waals surface area contributed by atoms with Gasteiger partial charge in [0.2, 0.25) is 0 Å². The maximum atomic E-state index is 6.12. The van der Waals surface area contributed by atoms with Gasteiger partial charge in [0.05, 0.1) is 17.3 Å². The summed E-state index contributed by atoms with van der Waals surface area (Å²) in [4.78, 5) is 0. The van der Waals surface area contributed by atoms with Gasteiger partial charge in [-0.25, -0.2) is 4.68 Å².